The largest absolute Gasteiger partial charge is 0.481 e. The average molecular weight is 493 g/mol. The summed E-state index contributed by atoms with van der Waals surface area (Å²) in [6.07, 6.45) is 2.32. The minimum atomic E-state index is -0.860. The lowest BCUT2D eigenvalue weighted by atomic mass is 9.99. The lowest BCUT2D eigenvalue weighted by Crippen LogP contribution is -2.20. The summed E-state index contributed by atoms with van der Waals surface area (Å²) in [5.41, 5.74) is 5.97. The summed E-state index contributed by atoms with van der Waals surface area (Å²) in [6.45, 7) is 4.32. The minimum absolute atomic E-state index is 0.0374. The van der Waals surface area contributed by atoms with Gasteiger partial charge in [-0.3, -0.25) is 14.0 Å². The molecule has 36 heavy (non-hydrogen) atoms. The predicted octanol–water partition coefficient (Wildman–Crippen LogP) is 3.91. The van der Waals surface area contributed by atoms with E-state index < -0.39 is 5.97 Å². The second-order valence-electron chi connectivity index (χ2n) is 8.94. The van der Waals surface area contributed by atoms with Gasteiger partial charge in [0, 0.05) is 12.8 Å². The lowest BCUT2D eigenvalue weighted by molar-refractivity contribution is -0.143. The first-order chi connectivity index (χ1) is 17.3. The van der Waals surface area contributed by atoms with E-state index in [1.165, 1.54) is 12.1 Å². The van der Waals surface area contributed by atoms with Crippen molar-refractivity contribution in [3.05, 3.63) is 69.8 Å². The van der Waals surface area contributed by atoms with Crippen LogP contribution in [-0.2, 0) is 38.5 Å². The van der Waals surface area contributed by atoms with E-state index in [1.54, 1.807) is 13.0 Å². The van der Waals surface area contributed by atoms with Crippen molar-refractivity contribution in [2.45, 2.75) is 58.9 Å². The third-order valence-electron chi connectivity index (χ3n) is 6.49. The number of ether oxygens (including phenoxy) is 1. The zero-order valence-corrected chi connectivity index (χ0v) is 20.5. The maximum atomic E-state index is 13.9. The van der Waals surface area contributed by atoms with E-state index >= 15 is 0 Å². The van der Waals surface area contributed by atoms with Crippen LogP contribution in [0.25, 0.3) is 16.7 Å². The van der Waals surface area contributed by atoms with Gasteiger partial charge in [0.2, 0.25) is 0 Å². The van der Waals surface area contributed by atoms with E-state index in [1.807, 2.05) is 34.1 Å². The van der Waals surface area contributed by atoms with Crippen LogP contribution < -0.4 is 5.35 Å². The Balaban J connectivity index is 1.88. The molecule has 0 aliphatic heterocycles. The molecule has 7 nitrogen and oxygen atoms in total. The van der Waals surface area contributed by atoms with Crippen molar-refractivity contribution in [3.8, 4) is 0 Å². The van der Waals surface area contributed by atoms with Crippen molar-refractivity contribution < 1.29 is 28.6 Å². The number of halogens is 1. The summed E-state index contributed by atoms with van der Waals surface area (Å²) < 4.78 is 22.8. The zero-order valence-electron chi connectivity index (χ0n) is 20.5. The molecule has 0 unspecified atom stereocenters. The number of carboxylic acids is 1. The molecule has 0 spiro atoms. The Labute approximate surface area is 207 Å². The Bertz CT molecular complexity index is 1510. The highest BCUT2D eigenvalue weighted by Crippen LogP contribution is 2.31. The van der Waals surface area contributed by atoms with E-state index in [-0.39, 0.29) is 24.6 Å². The molecule has 4 aromatic rings. The normalized spacial score (nSPS) is 11.3. The minimum Gasteiger partial charge on any atom is -0.481 e. The SMILES string of the molecule is CCOC(=O)CCCc1c(CCCC(=O)O)c2ccc(C)c3n(Cc4cccc(F)c4)c(=C=O)c1n23. The molecule has 0 aliphatic carbocycles. The summed E-state index contributed by atoms with van der Waals surface area (Å²) in [4.78, 5) is 35.5. The molecule has 1 N–H and O–H groups in total. The molecule has 4 rings (SSSR count). The molecular weight excluding hydrogens is 463 g/mol. The zero-order chi connectivity index (χ0) is 25.8. The molecule has 0 amide bonds. The van der Waals surface area contributed by atoms with Crippen LogP contribution in [0.2, 0.25) is 0 Å². The molecule has 0 bridgehead atoms. The van der Waals surface area contributed by atoms with E-state index in [0.717, 1.165) is 33.4 Å². The van der Waals surface area contributed by atoms with Crippen LogP contribution in [0.4, 0.5) is 4.39 Å². The lowest BCUT2D eigenvalue weighted by Gasteiger charge is -2.11. The number of carboxylic acid groups (broad SMARTS) is 1. The Morgan fingerprint density at radius 3 is 2.53 bits per heavy atom. The standard InChI is InChI=1S/C28H29FN2O5/c1-3-36-26(35)12-6-10-22-21(9-5-11-25(33)34)23-14-13-18(2)28-30(24(17-32)27(22)31(23)28)16-19-7-4-8-20(29)15-19/h4,7-8,13-15H,3,5-6,9-12,16H2,1-2H3,(H,33,34). The molecule has 0 aliphatic rings. The maximum Gasteiger partial charge on any atom is 0.305 e. The van der Waals surface area contributed by atoms with Gasteiger partial charge in [-0.25, -0.2) is 9.18 Å². The third-order valence-corrected chi connectivity index (χ3v) is 6.49. The number of aliphatic carboxylic acids is 1. The van der Waals surface area contributed by atoms with Crippen LogP contribution in [0, 0.1) is 12.7 Å². The number of imidazole rings is 1. The third kappa shape index (κ3) is 4.90. The van der Waals surface area contributed by atoms with Crippen LogP contribution in [-0.4, -0.2) is 38.6 Å². The number of aryl methyl sites for hydroxylation is 3. The second kappa shape index (κ2) is 10.8. The van der Waals surface area contributed by atoms with Gasteiger partial charge >= 0.3 is 11.9 Å². The summed E-state index contributed by atoms with van der Waals surface area (Å²) in [5, 5.41) is 9.51. The van der Waals surface area contributed by atoms with Crippen LogP contribution in [0.15, 0.2) is 36.4 Å². The number of carbonyl (C=O) groups is 2. The highest BCUT2D eigenvalue weighted by molar-refractivity contribution is 5.84. The molecule has 0 atom stereocenters. The molecule has 0 radical (unpaired) electrons. The molecule has 1 aromatic carbocycles. The van der Waals surface area contributed by atoms with Crippen LogP contribution in [0.5, 0.6) is 0 Å². The Morgan fingerprint density at radius 1 is 1.08 bits per heavy atom. The van der Waals surface area contributed by atoms with Gasteiger partial charge in [-0.1, -0.05) is 18.2 Å². The number of pyridine rings is 1. The van der Waals surface area contributed by atoms with Crippen molar-refractivity contribution >= 4 is 34.6 Å². The van der Waals surface area contributed by atoms with Crippen LogP contribution in [0.3, 0.4) is 0 Å². The van der Waals surface area contributed by atoms with Crippen molar-refractivity contribution in [1.82, 2.24) is 8.97 Å². The van der Waals surface area contributed by atoms with Gasteiger partial charge in [0.05, 0.1) is 24.2 Å². The van der Waals surface area contributed by atoms with Crippen LogP contribution in [0.1, 0.15) is 54.9 Å². The first kappa shape index (κ1) is 25.2. The van der Waals surface area contributed by atoms with E-state index in [0.29, 0.717) is 49.7 Å². The molecule has 0 saturated carbocycles. The smallest absolute Gasteiger partial charge is 0.305 e. The number of rotatable bonds is 11. The van der Waals surface area contributed by atoms with Crippen molar-refractivity contribution in [2.24, 2.45) is 0 Å². The predicted molar refractivity (Wildman–Crippen MR) is 133 cm³/mol. The summed E-state index contributed by atoms with van der Waals surface area (Å²) in [7, 11) is 0. The summed E-state index contributed by atoms with van der Waals surface area (Å²) >= 11 is 0. The first-order valence-electron chi connectivity index (χ1n) is 12.2. The van der Waals surface area contributed by atoms with E-state index in [4.69, 9.17) is 9.84 Å². The van der Waals surface area contributed by atoms with Crippen molar-refractivity contribution in [1.29, 1.82) is 0 Å². The number of hydrogen-bond acceptors (Lipinski definition) is 4. The van der Waals surface area contributed by atoms with Crippen LogP contribution >= 0.6 is 0 Å². The fourth-order valence-corrected chi connectivity index (χ4v) is 5.04. The molecule has 8 heteroatoms. The van der Waals surface area contributed by atoms with Gasteiger partial charge in [-0.2, -0.15) is 0 Å². The number of aromatic nitrogens is 2. The molecule has 188 valence electrons. The maximum absolute atomic E-state index is 13.9. The molecule has 0 saturated heterocycles. The average Bonchev–Trinajstić information content (AvgIpc) is 3.30. The summed E-state index contributed by atoms with van der Waals surface area (Å²) in [6, 6.07) is 10.2. The fraction of sp³-hybridized carbons (Fsp3) is 0.357. The number of hydrogen-bond donors (Lipinski definition) is 1. The Morgan fingerprint density at radius 2 is 1.83 bits per heavy atom. The highest BCUT2D eigenvalue weighted by atomic mass is 19.1. The van der Waals surface area contributed by atoms with Gasteiger partial charge in [0.25, 0.3) is 0 Å². The van der Waals surface area contributed by atoms with Gasteiger partial charge in [-0.05, 0) is 80.0 Å². The second-order valence-corrected chi connectivity index (χ2v) is 8.94. The van der Waals surface area contributed by atoms with E-state index in [9.17, 15) is 18.8 Å². The summed E-state index contributed by atoms with van der Waals surface area (Å²) in [5.74, 6) is 0.636. The monoisotopic (exact) mass is 492 g/mol. The van der Waals surface area contributed by atoms with Gasteiger partial charge in [-0.15, -0.1) is 0 Å². The first-order valence-corrected chi connectivity index (χ1v) is 12.2. The Kier molecular flexibility index (Phi) is 7.55. The topological polar surface area (TPSA) is 90.0 Å². The van der Waals surface area contributed by atoms with Gasteiger partial charge < -0.3 is 14.4 Å². The van der Waals surface area contributed by atoms with Crippen molar-refractivity contribution in [2.75, 3.05) is 6.61 Å². The van der Waals surface area contributed by atoms with Crippen molar-refractivity contribution in [3.63, 3.8) is 0 Å². The Hall–Kier alpha value is -3.90. The number of benzene rings is 1. The van der Waals surface area contributed by atoms with E-state index in [2.05, 4.69) is 5.94 Å². The molecule has 3 heterocycles. The number of esters is 1. The fourth-order valence-electron chi connectivity index (χ4n) is 5.04. The number of carbonyl (C=O) groups excluding carboxylic acids is 2. The quantitative estimate of drug-likeness (QED) is 0.321. The highest BCUT2D eigenvalue weighted by Gasteiger charge is 2.24. The number of nitrogens with zero attached hydrogens (tertiary/aromatic N) is 2. The molecule has 0 fully saturated rings. The van der Waals surface area contributed by atoms with Gasteiger partial charge in [0.1, 0.15) is 11.5 Å². The molecular formula is C28H29FN2O5. The van der Waals surface area contributed by atoms with Gasteiger partial charge in [0.15, 0.2) is 11.3 Å². The molecule has 3 aromatic heterocycles.